The molecule has 0 aromatic heterocycles. The van der Waals surface area contributed by atoms with Crippen LogP contribution in [0, 0.1) is 0 Å². The van der Waals surface area contributed by atoms with Gasteiger partial charge >= 0.3 is 0 Å². The molecule has 0 bridgehead atoms. The SMILES string of the molecule is COc1ccc2cc(/C=C/[Si](C)(C)C)ccc2c1. The van der Waals surface area contributed by atoms with E-state index in [9.17, 15) is 0 Å². The standard InChI is InChI=1S/C16H20OSi/c1-17-16-8-7-14-11-13(5-6-15(14)12-16)9-10-18(2,3)4/h5-12H,1-4H3/b10-9+. The lowest BCUT2D eigenvalue weighted by Gasteiger charge is -2.08. The molecule has 0 radical (unpaired) electrons. The summed E-state index contributed by atoms with van der Waals surface area (Å²) in [7, 11) is 0.578. The molecule has 0 unspecified atom stereocenters. The van der Waals surface area contributed by atoms with Crippen LogP contribution in [-0.4, -0.2) is 15.2 Å². The zero-order chi connectivity index (χ0) is 13.2. The van der Waals surface area contributed by atoms with Crippen molar-refractivity contribution < 1.29 is 4.74 Å². The zero-order valence-corrected chi connectivity index (χ0v) is 12.5. The Morgan fingerprint density at radius 3 is 2.28 bits per heavy atom. The van der Waals surface area contributed by atoms with E-state index in [4.69, 9.17) is 4.74 Å². The number of benzene rings is 2. The fraction of sp³-hybridized carbons (Fsp3) is 0.250. The van der Waals surface area contributed by atoms with Gasteiger partial charge in [-0.25, -0.2) is 0 Å². The molecule has 18 heavy (non-hydrogen) atoms. The molecule has 2 rings (SSSR count). The first-order valence-corrected chi connectivity index (χ1v) is 9.83. The predicted molar refractivity (Wildman–Crippen MR) is 82.9 cm³/mol. The van der Waals surface area contributed by atoms with Gasteiger partial charge in [0.2, 0.25) is 0 Å². The highest BCUT2D eigenvalue weighted by atomic mass is 28.3. The molecule has 2 heteroatoms. The molecule has 94 valence electrons. The highest BCUT2D eigenvalue weighted by molar-refractivity contribution is 6.81. The zero-order valence-electron chi connectivity index (χ0n) is 11.5. The Balaban J connectivity index is 2.36. The third-order valence-electron chi connectivity index (χ3n) is 2.85. The summed E-state index contributed by atoms with van der Waals surface area (Å²) in [6.07, 6.45) is 2.25. The van der Waals surface area contributed by atoms with Gasteiger partial charge in [-0.15, -0.1) is 0 Å². The molecule has 1 nitrogen and oxygen atoms in total. The molecular weight excluding hydrogens is 236 g/mol. The van der Waals surface area contributed by atoms with E-state index in [-0.39, 0.29) is 0 Å². The second-order valence-corrected chi connectivity index (χ2v) is 10.7. The van der Waals surface area contributed by atoms with Gasteiger partial charge < -0.3 is 4.74 Å². The first-order valence-electron chi connectivity index (χ1n) is 6.25. The number of fused-ring (bicyclic) bond motifs is 1. The summed E-state index contributed by atoms with van der Waals surface area (Å²) in [6, 6.07) is 12.7. The Labute approximate surface area is 110 Å². The summed E-state index contributed by atoms with van der Waals surface area (Å²) in [5, 5.41) is 2.48. The number of methoxy groups -OCH3 is 1. The molecule has 0 amide bonds. The average molecular weight is 256 g/mol. The monoisotopic (exact) mass is 256 g/mol. The van der Waals surface area contributed by atoms with Gasteiger partial charge in [0.05, 0.1) is 15.2 Å². The first-order chi connectivity index (χ1) is 8.48. The molecule has 0 saturated carbocycles. The van der Waals surface area contributed by atoms with Crippen molar-refractivity contribution in [2.75, 3.05) is 7.11 Å². The van der Waals surface area contributed by atoms with Crippen molar-refractivity contribution in [3.63, 3.8) is 0 Å². The molecule has 0 N–H and O–H groups in total. The number of hydrogen-bond acceptors (Lipinski definition) is 1. The minimum atomic E-state index is -1.12. The van der Waals surface area contributed by atoms with Gasteiger partial charge in [0.15, 0.2) is 0 Å². The van der Waals surface area contributed by atoms with Gasteiger partial charge in [-0.1, -0.05) is 49.6 Å². The highest BCUT2D eigenvalue weighted by Crippen LogP contribution is 2.22. The van der Waals surface area contributed by atoms with Crippen molar-refractivity contribution >= 4 is 24.9 Å². The highest BCUT2D eigenvalue weighted by Gasteiger charge is 2.06. The van der Waals surface area contributed by atoms with Crippen molar-refractivity contribution in [3.05, 3.63) is 47.7 Å². The van der Waals surface area contributed by atoms with Crippen molar-refractivity contribution in [3.8, 4) is 5.75 Å². The summed E-state index contributed by atoms with van der Waals surface area (Å²) >= 11 is 0. The fourth-order valence-corrected chi connectivity index (χ4v) is 2.51. The van der Waals surface area contributed by atoms with E-state index in [0.29, 0.717) is 0 Å². The summed E-state index contributed by atoms with van der Waals surface area (Å²) in [5.41, 5.74) is 3.65. The lowest BCUT2D eigenvalue weighted by atomic mass is 10.1. The second kappa shape index (κ2) is 4.98. The van der Waals surface area contributed by atoms with Gasteiger partial charge in [-0.2, -0.15) is 0 Å². The van der Waals surface area contributed by atoms with Crippen LogP contribution in [0.2, 0.25) is 19.6 Å². The van der Waals surface area contributed by atoms with Crippen LogP contribution in [0.25, 0.3) is 16.8 Å². The van der Waals surface area contributed by atoms with Crippen LogP contribution in [-0.2, 0) is 0 Å². The Kier molecular flexibility index (Phi) is 3.57. The maximum atomic E-state index is 5.24. The molecule has 0 fully saturated rings. The molecule has 0 aliphatic rings. The average Bonchev–Trinajstić information content (AvgIpc) is 2.34. The van der Waals surface area contributed by atoms with Crippen LogP contribution in [0.4, 0.5) is 0 Å². The lowest BCUT2D eigenvalue weighted by Crippen LogP contribution is -2.15. The Bertz CT molecular complexity index is 579. The van der Waals surface area contributed by atoms with E-state index in [0.717, 1.165) is 5.75 Å². The minimum absolute atomic E-state index is 0.910. The van der Waals surface area contributed by atoms with Crippen LogP contribution >= 0.6 is 0 Å². The molecule has 0 atom stereocenters. The summed E-state index contributed by atoms with van der Waals surface area (Å²) < 4.78 is 5.24. The second-order valence-electron chi connectivity index (χ2n) is 5.67. The molecule has 0 heterocycles. The van der Waals surface area contributed by atoms with E-state index in [1.54, 1.807) is 7.11 Å². The van der Waals surface area contributed by atoms with Crippen LogP contribution < -0.4 is 4.74 Å². The largest absolute Gasteiger partial charge is 0.497 e. The quantitative estimate of drug-likeness (QED) is 0.721. The minimum Gasteiger partial charge on any atom is -0.497 e. The number of ether oxygens (including phenoxy) is 1. The van der Waals surface area contributed by atoms with Crippen molar-refractivity contribution in [1.82, 2.24) is 0 Å². The molecule has 0 spiro atoms. The van der Waals surface area contributed by atoms with E-state index < -0.39 is 8.07 Å². The third kappa shape index (κ3) is 3.23. The van der Waals surface area contributed by atoms with Crippen molar-refractivity contribution in [2.24, 2.45) is 0 Å². The van der Waals surface area contributed by atoms with E-state index >= 15 is 0 Å². The van der Waals surface area contributed by atoms with E-state index in [1.807, 2.05) is 6.07 Å². The lowest BCUT2D eigenvalue weighted by molar-refractivity contribution is 0.415. The topological polar surface area (TPSA) is 9.23 Å². The molecular formula is C16H20OSi. The maximum Gasteiger partial charge on any atom is 0.119 e. The summed E-state index contributed by atoms with van der Waals surface area (Å²) in [4.78, 5) is 0. The Hall–Kier alpha value is -1.54. The summed E-state index contributed by atoms with van der Waals surface area (Å²) in [6.45, 7) is 7.03. The number of hydrogen-bond donors (Lipinski definition) is 0. The van der Waals surface area contributed by atoms with E-state index in [1.165, 1.54) is 16.3 Å². The van der Waals surface area contributed by atoms with Crippen molar-refractivity contribution in [1.29, 1.82) is 0 Å². The van der Waals surface area contributed by atoms with Gasteiger partial charge in [0.1, 0.15) is 5.75 Å². The molecule has 0 aliphatic heterocycles. The Morgan fingerprint density at radius 2 is 1.61 bits per heavy atom. The van der Waals surface area contributed by atoms with Crippen molar-refractivity contribution in [2.45, 2.75) is 19.6 Å². The molecule has 2 aromatic carbocycles. The normalized spacial score (nSPS) is 12.2. The van der Waals surface area contributed by atoms with Crippen LogP contribution in [0.3, 0.4) is 0 Å². The van der Waals surface area contributed by atoms with Gasteiger partial charge in [-0.05, 0) is 34.5 Å². The van der Waals surface area contributed by atoms with Gasteiger partial charge in [0.25, 0.3) is 0 Å². The van der Waals surface area contributed by atoms with Crippen LogP contribution in [0.5, 0.6) is 5.75 Å². The maximum absolute atomic E-state index is 5.24. The number of rotatable bonds is 3. The molecule has 2 aromatic rings. The van der Waals surface area contributed by atoms with Gasteiger partial charge in [0, 0.05) is 0 Å². The molecule has 0 saturated heterocycles. The fourth-order valence-electron chi connectivity index (χ4n) is 1.82. The summed E-state index contributed by atoms with van der Waals surface area (Å²) in [5.74, 6) is 0.910. The predicted octanol–water partition coefficient (Wildman–Crippen LogP) is 4.74. The van der Waals surface area contributed by atoms with Crippen LogP contribution in [0.15, 0.2) is 42.1 Å². The first kappa shape index (κ1) is 12.9. The smallest absolute Gasteiger partial charge is 0.119 e. The Morgan fingerprint density at radius 1 is 0.944 bits per heavy atom. The van der Waals surface area contributed by atoms with Gasteiger partial charge in [-0.3, -0.25) is 0 Å². The third-order valence-corrected chi connectivity index (χ3v) is 4.01. The van der Waals surface area contributed by atoms with Crippen LogP contribution in [0.1, 0.15) is 5.56 Å². The molecule has 0 aliphatic carbocycles. The van der Waals surface area contributed by atoms with E-state index in [2.05, 4.69) is 61.7 Å².